The van der Waals surface area contributed by atoms with Crippen molar-refractivity contribution in [2.24, 2.45) is 0 Å². The van der Waals surface area contributed by atoms with Gasteiger partial charge in [0, 0.05) is 12.4 Å². The van der Waals surface area contributed by atoms with Crippen LogP contribution in [0.25, 0.3) is 0 Å². The van der Waals surface area contributed by atoms with Gasteiger partial charge in [0.1, 0.15) is 11.4 Å². The fourth-order valence-corrected chi connectivity index (χ4v) is 1.91. The lowest BCUT2D eigenvalue weighted by atomic mass is 9.99. The van der Waals surface area contributed by atoms with Crippen LogP contribution in [0.3, 0.4) is 0 Å². The molecule has 0 aliphatic rings. The van der Waals surface area contributed by atoms with Gasteiger partial charge in [0.15, 0.2) is 0 Å². The molecule has 0 aliphatic heterocycles. The van der Waals surface area contributed by atoms with E-state index < -0.39 is 5.60 Å². The Morgan fingerprint density at radius 1 is 1.15 bits per heavy atom. The standard InChI is InChI=1S/C16H17NO3/c1-16(2,13-7-9-17-10-8-13)20-14-6-4-5-12(11-14)15(18)19-3/h4-11H,1-3H3. The van der Waals surface area contributed by atoms with Gasteiger partial charge in [-0.05, 0) is 49.7 Å². The van der Waals surface area contributed by atoms with Crippen LogP contribution < -0.4 is 4.74 Å². The minimum Gasteiger partial charge on any atom is -0.483 e. The van der Waals surface area contributed by atoms with Crippen molar-refractivity contribution in [2.45, 2.75) is 19.4 Å². The quantitative estimate of drug-likeness (QED) is 0.801. The highest BCUT2D eigenvalue weighted by Gasteiger charge is 2.22. The molecule has 0 amide bonds. The Hall–Kier alpha value is -2.36. The van der Waals surface area contributed by atoms with Gasteiger partial charge >= 0.3 is 5.97 Å². The Labute approximate surface area is 118 Å². The molecule has 0 radical (unpaired) electrons. The highest BCUT2D eigenvalue weighted by atomic mass is 16.5. The summed E-state index contributed by atoms with van der Waals surface area (Å²) in [5.41, 5.74) is 0.962. The second-order valence-electron chi connectivity index (χ2n) is 4.87. The lowest BCUT2D eigenvalue weighted by Gasteiger charge is -2.27. The Morgan fingerprint density at radius 3 is 2.50 bits per heavy atom. The van der Waals surface area contributed by atoms with E-state index in [9.17, 15) is 4.79 Å². The molecule has 0 aliphatic carbocycles. The van der Waals surface area contributed by atoms with Crippen LogP contribution in [-0.4, -0.2) is 18.1 Å². The summed E-state index contributed by atoms with van der Waals surface area (Å²) in [5, 5.41) is 0. The fraction of sp³-hybridized carbons (Fsp3) is 0.250. The van der Waals surface area contributed by atoms with Crippen molar-refractivity contribution in [3.05, 3.63) is 59.9 Å². The van der Waals surface area contributed by atoms with Crippen molar-refractivity contribution in [1.29, 1.82) is 0 Å². The Bertz CT molecular complexity index is 594. The molecule has 104 valence electrons. The molecule has 2 aromatic rings. The number of carbonyl (C=O) groups excluding carboxylic acids is 1. The van der Waals surface area contributed by atoms with E-state index in [1.54, 1.807) is 30.6 Å². The van der Waals surface area contributed by atoms with Crippen molar-refractivity contribution in [3.63, 3.8) is 0 Å². The van der Waals surface area contributed by atoms with Crippen LogP contribution in [0.5, 0.6) is 5.75 Å². The van der Waals surface area contributed by atoms with Gasteiger partial charge in [-0.1, -0.05) is 6.07 Å². The number of rotatable bonds is 4. The number of pyridine rings is 1. The molecule has 0 N–H and O–H groups in total. The van der Waals surface area contributed by atoms with Crippen molar-refractivity contribution < 1.29 is 14.3 Å². The molecule has 0 atom stereocenters. The average Bonchev–Trinajstić information content (AvgIpc) is 2.47. The summed E-state index contributed by atoms with van der Waals surface area (Å²) >= 11 is 0. The van der Waals surface area contributed by atoms with E-state index in [2.05, 4.69) is 4.98 Å². The van der Waals surface area contributed by atoms with Crippen molar-refractivity contribution in [1.82, 2.24) is 4.98 Å². The fourth-order valence-electron chi connectivity index (χ4n) is 1.91. The molecule has 2 rings (SSSR count). The third-order valence-electron chi connectivity index (χ3n) is 3.00. The van der Waals surface area contributed by atoms with Gasteiger partial charge in [0.05, 0.1) is 12.7 Å². The molecule has 0 saturated carbocycles. The highest BCUT2D eigenvalue weighted by molar-refractivity contribution is 5.89. The molecule has 4 heteroatoms. The minimum absolute atomic E-state index is 0.378. The van der Waals surface area contributed by atoms with E-state index in [4.69, 9.17) is 9.47 Å². The number of aromatic nitrogens is 1. The van der Waals surface area contributed by atoms with E-state index in [-0.39, 0.29) is 5.97 Å². The van der Waals surface area contributed by atoms with Crippen molar-refractivity contribution >= 4 is 5.97 Å². The first-order chi connectivity index (χ1) is 9.53. The molecule has 1 aromatic heterocycles. The summed E-state index contributed by atoms with van der Waals surface area (Å²) in [5.74, 6) is 0.242. The minimum atomic E-state index is -0.516. The van der Waals surface area contributed by atoms with Crippen LogP contribution in [0, 0.1) is 0 Å². The Morgan fingerprint density at radius 2 is 1.85 bits per heavy atom. The molecule has 20 heavy (non-hydrogen) atoms. The zero-order valence-electron chi connectivity index (χ0n) is 11.8. The first-order valence-corrected chi connectivity index (χ1v) is 6.31. The third kappa shape index (κ3) is 3.15. The SMILES string of the molecule is COC(=O)c1cccc(OC(C)(C)c2ccncc2)c1. The van der Waals surface area contributed by atoms with Gasteiger partial charge < -0.3 is 9.47 Å². The van der Waals surface area contributed by atoms with Crippen LogP contribution in [0.2, 0.25) is 0 Å². The monoisotopic (exact) mass is 271 g/mol. The molecule has 0 unspecified atom stereocenters. The molecule has 1 heterocycles. The number of carbonyl (C=O) groups is 1. The second-order valence-corrected chi connectivity index (χ2v) is 4.87. The molecular formula is C16H17NO3. The van der Waals surface area contributed by atoms with Crippen molar-refractivity contribution in [2.75, 3.05) is 7.11 Å². The van der Waals surface area contributed by atoms with E-state index in [1.165, 1.54) is 7.11 Å². The predicted molar refractivity (Wildman–Crippen MR) is 75.7 cm³/mol. The van der Waals surface area contributed by atoms with Gasteiger partial charge in [-0.15, -0.1) is 0 Å². The van der Waals surface area contributed by atoms with Gasteiger partial charge in [0.2, 0.25) is 0 Å². The highest BCUT2D eigenvalue weighted by Crippen LogP contribution is 2.27. The van der Waals surface area contributed by atoms with Crippen LogP contribution >= 0.6 is 0 Å². The smallest absolute Gasteiger partial charge is 0.337 e. The maximum Gasteiger partial charge on any atom is 0.337 e. The number of nitrogens with zero attached hydrogens (tertiary/aromatic N) is 1. The van der Waals surface area contributed by atoms with Gasteiger partial charge in [0.25, 0.3) is 0 Å². The maximum atomic E-state index is 11.5. The number of ether oxygens (including phenoxy) is 2. The van der Waals surface area contributed by atoms with Crippen LogP contribution in [-0.2, 0) is 10.3 Å². The Kier molecular flexibility index (Phi) is 4.03. The molecule has 0 bridgehead atoms. The largest absolute Gasteiger partial charge is 0.483 e. The number of esters is 1. The van der Waals surface area contributed by atoms with Gasteiger partial charge in [-0.25, -0.2) is 4.79 Å². The second kappa shape index (κ2) is 5.74. The van der Waals surface area contributed by atoms with Gasteiger partial charge in [-0.2, -0.15) is 0 Å². The van der Waals surface area contributed by atoms with E-state index in [0.717, 1.165) is 5.56 Å². The lowest BCUT2D eigenvalue weighted by Crippen LogP contribution is -2.25. The van der Waals surface area contributed by atoms with E-state index >= 15 is 0 Å². The molecule has 0 fully saturated rings. The molecule has 0 spiro atoms. The summed E-state index contributed by atoms with van der Waals surface area (Å²) in [7, 11) is 1.36. The lowest BCUT2D eigenvalue weighted by molar-refractivity contribution is 0.0598. The number of hydrogen-bond acceptors (Lipinski definition) is 4. The summed E-state index contributed by atoms with van der Waals surface area (Å²) in [4.78, 5) is 15.5. The molecular weight excluding hydrogens is 254 g/mol. The third-order valence-corrected chi connectivity index (χ3v) is 3.00. The number of hydrogen-bond donors (Lipinski definition) is 0. The molecule has 1 aromatic carbocycles. The zero-order valence-corrected chi connectivity index (χ0v) is 11.8. The molecule has 0 saturated heterocycles. The topological polar surface area (TPSA) is 48.4 Å². The van der Waals surface area contributed by atoms with Crippen LogP contribution in [0.1, 0.15) is 29.8 Å². The van der Waals surface area contributed by atoms with E-state index in [1.807, 2.05) is 32.0 Å². The predicted octanol–water partition coefficient (Wildman–Crippen LogP) is 3.18. The number of methoxy groups -OCH3 is 1. The van der Waals surface area contributed by atoms with Crippen LogP contribution in [0.15, 0.2) is 48.8 Å². The first kappa shape index (κ1) is 14.1. The Balaban J connectivity index is 2.23. The average molecular weight is 271 g/mol. The van der Waals surface area contributed by atoms with Gasteiger partial charge in [-0.3, -0.25) is 4.98 Å². The summed E-state index contributed by atoms with van der Waals surface area (Å²) in [6, 6.07) is 10.8. The normalized spacial score (nSPS) is 10.9. The first-order valence-electron chi connectivity index (χ1n) is 6.31. The van der Waals surface area contributed by atoms with Crippen LogP contribution in [0.4, 0.5) is 0 Å². The summed E-state index contributed by atoms with van der Waals surface area (Å²) in [6.45, 7) is 3.93. The number of benzene rings is 1. The summed E-state index contributed by atoms with van der Waals surface area (Å²) < 4.78 is 10.7. The van der Waals surface area contributed by atoms with E-state index in [0.29, 0.717) is 11.3 Å². The summed E-state index contributed by atoms with van der Waals surface area (Å²) in [6.07, 6.45) is 3.45. The molecule has 4 nitrogen and oxygen atoms in total. The van der Waals surface area contributed by atoms with Crippen molar-refractivity contribution in [3.8, 4) is 5.75 Å². The maximum absolute atomic E-state index is 11.5. The zero-order chi connectivity index (χ0) is 14.6.